The second-order valence-electron chi connectivity index (χ2n) is 11.6. The number of hydrogen-bond acceptors (Lipinski definition) is 3. The highest BCUT2D eigenvalue weighted by molar-refractivity contribution is 5.69. The van der Waals surface area contributed by atoms with E-state index in [1.165, 1.54) is 135 Å². The van der Waals surface area contributed by atoms with Crippen LogP contribution in [0.4, 0.5) is 0 Å². The van der Waals surface area contributed by atoms with Gasteiger partial charge in [0.15, 0.2) is 0 Å². The van der Waals surface area contributed by atoms with Crippen LogP contribution in [0.2, 0.25) is 0 Å². The van der Waals surface area contributed by atoms with Gasteiger partial charge in [0.2, 0.25) is 0 Å². The van der Waals surface area contributed by atoms with Crippen molar-refractivity contribution < 1.29 is 19.4 Å². The lowest BCUT2D eigenvalue weighted by atomic mass is 10.0. The van der Waals surface area contributed by atoms with E-state index in [9.17, 15) is 9.59 Å². The molecule has 4 heteroatoms. The standard InChI is InChI=1S/C35H66O4/c1-2-3-4-5-6-7-8-9-10-11-12-13-17-20-23-26-29-32-35(38)39-33-30-27-24-21-18-15-14-16-19-22-25-28-31-34(36)37/h9-10H,2-8,11-33H2,1H3,(H,36,37). The first-order valence-corrected chi connectivity index (χ1v) is 17.2. The molecule has 0 saturated carbocycles. The van der Waals surface area contributed by atoms with Crippen molar-refractivity contribution in [1.29, 1.82) is 0 Å². The highest BCUT2D eigenvalue weighted by Gasteiger charge is 2.03. The smallest absolute Gasteiger partial charge is 0.305 e. The molecule has 0 aromatic carbocycles. The van der Waals surface area contributed by atoms with Gasteiger partial charge < -0.3 is 9.84 Å². The maximum atomic E-state index is 11.9. The number of unbranched alkanes of at least 4 members (excludes halogenated alkanes) is 24. The highest BCUT2D eigenvalue weighted by atomic mass is 16.5. The first-order valence-electron chi connectivity index (χ1n) is 17.2. The monoisotopic (exact) mass is 550 g/mol. The Hall–Kier alpha value is -1.32. The largest absolute Gasteiger partial charge is 0.481 e. The molecule has 1 N–H and O–H groups in total. The number of aliphatic carboxylic acids is 1. The van der Waals surface area contributed by atoms with E-state index in [2.05, 4.69) is 19.1 Å². The minimum absolute atomic E-state index is 0.00860. The number of allylic oxidation sites excluding steroid dienone is 2. The number of carboxylic acid groups (broad SMARTS) is 1. The molecule has 0 rings (SSSR count). The van der Waals surface area contributed by atoms with Crippen molar-refractivity contribution in [3.63, 3.8) is 0 Å². The Kier molecular flexibility index (Phi) is 31.8. The highest BCUT2D eigenvalue weighted by Crippen LogP contribution is 2.14. The van der Waals surface area contributed by atoms with Crippen LogP contribution in [0.1, 0.15) is 193 Å². The Morgan fingerprint density at radius 3 is 1.28 bits per heavy atom. The molecule has 0 heterocycles. The summed E-state index contributed by atoms with van der Waals surface area (Å²) in [6, 6.07) is 0. The SMILES string of the molecule is CCCCCCCCC=CCCCCCCCCCC(=O)OCCCCCCCCCCCCCCC(=O)O. The molecule has 0 saturated heterocycles. The Labute approximate surface area is 243 Å². The molecule has 0 aliphatic rings. The summed E-state index contributed by atoms with van der Waals surface area (Å²) in [6.07, 6.45) is 39.3. The average Bonchev–Trinajstić information content (AvgIpc) is 2.92. The van der Waals surface area contributed by atoms with E-state index >= 15 is 0 Å². The van der Waals surface area contributed by atoms with Crippen molar-refractivity contribution in [3.05, 3.63) is 12.2 Å². The Morgan fingerprint density at radius 1 is 0.487 bits per heavy atom. The number of rotatable bonds is 32. The maximum Gasteiger partial charge on any atom is 0.305 e. The van der Waals surface area contributed by atoms with E-state index in [1.54, 1.807) is 0 Å². The van der Waals surface area contributed by atoms with Crippen LogP contribution in [0.3, 0.4) is 0 Å². The summed E-state index contributed by atoms with van der Waals surface area (Å²) in [5.74, 6) is -0.682. The summed E-state index contributed by atoms with van der Waals surface area (Å²) < 4.78 is 5.41. The molecule has 4 nitrogen and oxygen atoms in total. The molecule has 0 amide bonds. The summed E-state index contributed by atoms with van der Waals surface area (Å²) >= 11 is 0. The lowest BCUT2D eigenvalue weighted by Gasteiger charge is -2.06. The third-order valence-electron chi connectivity index (χ3n) is 7.69. The third-order valence-corrected chi connectivity index (χ3v) is 7.69. The zero-order chi connectivity index (χ0) is 28.5. The molecule has 0 aliphatic carbocycles. The molecule has 39 heavy (non-hydrogen) atoms. The van der Waals surface area contributed by atoms with Crippen molar-refractivity contribution in [2.24, 2.45) is 0 Å². The van der Waals surface area contributed by atoms with Gasteiger partial charge in [-0.15, -0.1) is 0 Å². The third kappa shape index (κ3) is 34.7. The van der Waals surface area contributed by atoms with Gasteiger partial charge in [0.05, 0.1) is 6.61 Å². The first-order chi connectivity index (χ1) is 19.2. The van der Waals surface area contributed by atoms with E-state index < -0.39 is 5.97 Å². The Balaban J connectivity index is 3.20. The lowest BCUT2D eigenvalue weighted by Crippen LogP contribution is -2.05. The van der Waals surface area contributed by atoms with Crippen LogP contribution in [-0.2, 0) is 14.3 Å². The lowest BCUT2D eigenvalue weighted by molar-refractivity contribution is -0.144. The van der Waals surface area contributed by atoms with Crippen LogP contribution in [0, 0.1) is 0 Å². The van der Waals surface area contributed by atoms with E-state index in [-0.39, 0.29) is 5.97 Å². The van der Waals surface area contributed by atoms with Gasteiger partial charge in [0, 0.05) is 12.8 Å². The van der Waals surface area contributed by atoms with Gasteiger partial charge in [-0.1, -0.05) is 147 Å². The number of ether oxygens (including phenoxy) is 1. The zero-order valence-corrected chi connectivity index (χ0v) is 26.0. The fourth-order valence-electron chi connectivity index (χ4n) is 5.10. The van der Waals surface area contributed by atoms with Crippen molar-refractivity contribution in [1.82, 2.24) is 0 Å². The van der Waals surface area contributed by atoms with E-state index in [4.69, 9.17) is 9.84 Å². The van der Waals surface area contributed by atoms with Crippen LogP contribution in [0.5, 0.6) is 0 Å². The number of hydrogen-bond donors (Lipinski definition) is 1. The number of esters is 1. The number of carboxylic acids is 1. The minimum Gasteiger partial charge on any atom is -0.481 e. The zero-order valence-electron chi connectivity index (χ0n) is 26.0. The summed E-state index contributed by atoms with van der Waals surface area (Å²) in [5.41, 5.74) is 0. The molecule has 0 aromatic rings. The molecule has 0 unspecified atom stereocenters. The van der Waals surface area contributed by atoms with Gasteiger partial charge in [-0.05, 0) is 44.9 Å². The first kappa shape index (κ1) is 37.7. The molecule has 0 spiro atoms. The van der Waals surface area contributed by atoms with Gasteiger partial charge in [0.25, 0.3) is 0 Å². The Morgan fingerprint density at radius 2 is 0.846 bits per heavy atom. The molecule has 0 aromatic heterocycles. The predicted octanol–water partition coefficient (Wildman–Crippen LogP) is 11.5. The van der Waals surface area contributed by atoms with E-state index in [0.717, 1.165) is 38.5 Å². The Bertz CT molecular complexity index is 543. The van der Waals surface area contributed by atoms with E-state index in [0.29, 0.717) is 19.4 Å². The van der Waals surface area contributed by atoms with Crippen LogP contribution >= 0.6 is 0 Å². The van der Waals surface area contributed by atoms with Crippen molar-refractivity contribution in [2.75, 3.05) is 6.61 Å². The normalized spacial score (nSPS) is 11.4. The van der Waals surface area contributed by atoms with Crippen molar-refractivity contribution >= 4 is 11.9 Å². The van der Waals surface area contributed by atoms with Gasteiger partial charge in [-0.2, -0.15) is 0 Å². The summed E-state index contributed by atoms with van der Waals surface area (Å²) in [6.45, 7) is 2.87. The van der Waals surface area contributed by atoms with Gasteiger partial charge >= 0.3 is 11.9 Å². The molecular weight excluding hydrogens is 484 g/mol. The topological polar surface area (TPSA) is 63.6 Å². The van der Waals surface area contributed by atoms with Crippen LogP contribution < -0.4 is 0 Å². The molecule has 230 valence electrons. The van der Waals surface area contributed by atoms with E-state index in [1.807, 2.05) is 0 Å². The molecule has 0 radical (unpaired) electrons. The van der Waals surface area contributed by atoms with Gasteiger partial charge in [-0.25, -0.2) is 0 Å². The fourth-order valence-corrected chi connectivity index (χ4v) is 5.10. The van der Waals surface area contributed by atoms with Crippen LogP contribution in [0.15, 0.2) is 12.2 Å². The predicted molar refractivity (Wildman–Crippen MR) is 167 cm³/mol. The van der Waals surface area contributed by atoms with Crippen LogP contribution in [-0.4, -0.2) is 23.7 Å². The fraction of sp³-hybridized carbons (Fsp3) is 0.886. The summed E-state index contributed by atoms with van der Waals surface area (Å²) in [7, 11) is 0. The maximum absolute atomic E-state index is 11.9. The summed E-state index contributed by atoms with van der Waals surface area (Å²) in [5, 5.41) is 8.62. The quantitative estimate of drug-likeness (QED) is 0.0514. The molecule has 0 atom stereocenters. The second kappa shape index (κ2) is 32.9. The van der Waals surface area contributed by atoms with Crippen molar-refractivity contribution in [2.45, 2.75) is 193 Å². The molecule has 0 bridgehead atoms. The minimum atomic E-state index is -0.674. The summed E-state index contributed by atoms with van der Waals surface area (Å²) in [4.78, 5) is 22.4. The van der Waals surface area contributed by atoms with Crippen molar-refractivity contribution in [3.8, 4) is 0 Å². The molecule has 0 fully saturated rings. The number of carbonyl (C=O) groups is 2. The average molecular weight is 551 g/mol. The second-order valence-corrected chi connectivity index (χ2v) is 11.6. The van der Waals surface area contributed by atoms with Crippen LogP contribution in [0.25, 0.3) is 0 Å². The number of carbonyl (C=O) groups excluding carboxylic acids is 1. The molecular formula is C35H66O4. The van der Waals surface area contributed by atoms with Gasteiger partial charge in [-0.3, -0.25) is 9.59 Å². The van der Waals surface area contributed by atoms with Gasteiger partial charge in [0.1, 0.15) is 0 Å². The molecule has 0 aliphatic heterocycles.